The van der Waals surface area contributed by atoms with Crippen molar-refractivity contribution in [2.75, 3.05) is 13.1 Å². The van der Waals surface area contributed by atoms with Gasteiger partial charge in [-0.25, -0.2) is 0 Å². The molecule has 4 rings (SSSR count). The Bertz CT molecular complexity index is 604. The first-order chi connectivity index (χ1) is 15.1. The van der Waals surface area contributed by atoms with E-state index in [-0.39, 0.29) is 0 Å². The van der Waals surface area contributed by atoms with Crippen molar-refractivity contribution in [3.05, 3.63) is 0 Å². The Morgan fingerprint density at radius 1 is 0.656 bits per heavy atom. The van der Waals surface area contributed by atoms with Crippen LogP contribution in [-0.2, 0) is 9.59 Å². The summed E-state index contributed by atoms with van der Waals surface area (Å²) in [7, 11) is 0. The van der Waals surface area contributed by atoms with Crippen LogP contribution in [0.5, 0.6) is 0 Å². The first-order valence-electron chi connectivity index (χ1n) is 13.7. The molecule has 184 valence electrons. The largest absolute Gasteiger partial charge is 0.356 e. The Labute approximate surface area is 197 Å². The highest BCUT2D eigenvalue weighted by atomic mass is 16.2. The van der Waals surface area contributed by atoms with Crippen molar-refractivity contribution < 1.29 is 9.59 Å². The highest BCUT2D eigenvalue weighted by molar-refractivity contribution is 5.82. The minimum absolute atomic E-state index is 0.317. The van der Waals surface area contributed by atoms with Crippen LogP contribution in [-0.4, -0.2) is 24.9 Å². The van der Waals surface area contributed by atoms with E-state index < -0.39 is 0 Å². The average Bonchev–Trinajstić information content (AvgIpc) is 3.62. The molecule has 0 unspecified atom stereocenters. The Morgan fingerprint density at radius 3 is 1.28 bits per heavy atom. The molecule has 4 aliphatic rings. The zero-order valence-corrected chi connectivity index (χ0v) is 22.0. The molecule has 0 aromatic heterocycles. The highest BCUT2D eigenvalue weighted by Gasteiger charge is 2.62. The van der Waals surface area contributed by atoms with Gasteiger partial charge in [0, 0.05) is 24.9 Å². The van der Waals surface area contributed by atoms with E-state index in [0.29, 0.717) is 47.3 Å². The summed E-state index contributed by atoms with van der Waals surface area (Å²) in [5.41, 5.74) is 0. The van der Waals surface area contributed by atoms with Crippen LogP contribution in [0.2, 0.25) is 0 Å². The number of hydrogen-bond acceptors (Lipinski definition) is 2. The Balaban J connectivity index is 0.000000181. The number of fused-ring (bicyclic) bond motifs is 2. The van der Waals surface area contributed by atoms with Gasteiger partial charge in [0.1, 0.15) is 0 Å². The smallest absolute Gasteiger partial charge is 0.223 e. The molecule has 0 bridgehead atoms. The van der Waals surface area contributed by atoms with Crippen molar-refractivity contribution >= 4 is 11.8 Å². The summed E-state index contributed by atoms with van der Waals surface area (Å²) >= 11 is 0. The van der Waals surface area contributed by atoms with Crippen LogP contribution in [0, 0.1) is 71.0 Å². The third kappa shape index (κ3) is 5.04. The lowest BCUT2D eigenvalue weighted by Gasteiger charge is -2.28. The zero-order chi connectivity index (χ0) is 23.7. The molecule has 4 nitrogen and oxygen atoms in total. The number of hydrogen-bond donors (Lipinski definition) is 2. The van der Waals surface area contributed by atoms with Crippen molar-refractivity contribution in [3.8, 4) is 0 Å². The van der Waals surface area contributed by atoms with E-state index in [2.05, 4.69) is 52.2 Å². The SMILES string of the molecule is CCNC(=O)[C@@H]1[C@@H]2[C@H]1[C@@H](C(C)C)CC[C@@H]2C.CCNC(=O)[C@@H]1[C@@H]2[C@H]1[C@@H](C)CC[C@@H]2C(C)C. The number of carbonyl (C=O) groups excluding carboxylic acids is 2. The van der Waals surface area contributed by atoms with Gasteiger partial charge in [-0.05, 0) is 85.9 Å². The van der Waals surface area contributed by atoms with E-state index in [9.17, 15) is 9.59 Å². The molecule has 2 amide bonds. The van der Waals surface area contributed by atoms with Gasteiger partial charge in [0.25, 0.3) is 0 Å². The molecule has 32 heavy (non-hydrogen) atoms. The summed E-state index contributed by atoms with van der Waals surface area (Å²) in [6, 6.07) is 0. The molecule has 4 aliphatic carbocycles. The first-order valence-corrected chi connectivity index (χ1v) is 13.7. The third-order valence-corrected chi connectivity index (χ3v) is 9.50. The van der Waals surface area contributed by atoms with Gasteiger partial charge < -0.3 is 10.6 Å². The van der Waals surface area contributed by atoms with Gasteiger partial charge in [-0.2, -0.15) is 0 Å². The van der Waals surface area contributed by atoms with Crippen LogP contribution < -0.4 is 10.6 Å². The zero-order valence-electron chi connectivity index (χ0n) is 22.0. The Morgan fingerprint density at radius 2 is 1.00 bits per heavy atom. The molecular formula is C28H50N2O2. The molecule has 4 fully saturated rings. The van der Waals surface area contributed by atoms with Crippen molar-refractivity contribution in [1.82, 2.24) is 10.6 Å². The lowest BCUT2D eigenvalue weighted by Crippen LogP contribution is -2.26. The standard InChI is InChI=1S/2C14H25NO/c2*1-5-15-14(16)13-11-9(4)6-7-10(8(2)3)12(11)13/h2*8-13H,5-7H2,1-4H3,(H,15,16)/t9-,10+,11+,12-,13-;9-,10+,11-,12+,13+/m00/s1. The van der Waals surface area contributed by atoms with Crippen LogP contribution in [0.1, 0.15) is 81.1 Å². The minimum Gasteiger partial charge on any atom is -0.356 e. The molecule has 0 saturated heterocycles. The van der Waals surface area contributed by atoms with Crippen LogP contribution in [0.3, 0.4) is 0 Å². The monoisotopic (exact) mass is 446 g/mol. The van der Waals surface area contributed by atoms with Gasteiger partial charge in [-0.3, -0.25) is 9.59 Å². The lowest BCUT2D eigenvalue weighted by molar-refractivity contribution is -0.123. The number of rotatable bonds is 6. The quantitative estimate of drug-likeness (QED) is 0.576. The van der Waals surface area contributed by atoms with E-state index in [1.807, 2.05) is 13.8 Å². The van der Waals surface area contributed by atoms with Gasteiger partial charge in [0.2, 0.25) is 11.8 Å². The van der Waals surface area contributed by atoms with Gasteiger partial charge in [-0.1, -0.05) is 54.4 Å². The van der Waals surface area contributed by atoms with Crippen molar-refractivity contribution in [3.63, 3.8) is 0 Å². The maximum absolute atomic E-state index is 12.0. The second kappa shape index (κ2) is 10.5. The summed E-state index contributed by atoms with van der Waals surface area (Å²) in [6.45, 7) is 19.5. The van der Waals surface area contributed by atoms with E-state index >= 15 is 0 Å². The van der Waals surface area contributed by atoms with Crippen LogP contribution in [0.25, 0.3) is 0 Å². The first kappa shape index (κ1) is 25.6. The number of amides is 2. The van der Waals surface area contributed by atoms with E-state index in [4.69, 9.17) is 0 Å². The van der Waals surface area contributed by atoms with Crippen LogP contribution >= 0.6 is 0 Å². The highest BCUT2D eigenvalue weighted by Crippen LogP contribution is 2.63. The normalized spacial score (nSPS) is 41.7. The third-order valence-electron chi connectivity index (χ3n) is 9.50. The summed E-state index contributed by atoms with van der Waals surface area (Å²) in [5.74, 6) is 8.62. The fraction of sp³-hybridized carbons (Fsp3) is 0.929. The maximum Gasteiger partial charge on any atom is 0.223 e. The van der Waals surface area contributed by atoms with E-state index in [1.54, 1.807) is 0 Å². The van der Waals surface area contributed by atoms with Crippen molar-refractivity contribution in [2.24, 2.45) is 71.0 Å². The molecule has 0 aromatic rings. The fourth-order valence-electron chi connectivity index (χ4n) is 7.81. The molecule has 2 N–H and O–H groups in total. The molecule has 4 saturated carbocycles. The predicted molar refractivity (Wildman–Crippen MR) is 132 cm³/mol. The Kier molecular flexibility index (Phi) is 8.36. The molecule has 0 aliphatic heterocycles. The van der Waals surface area contributed by atoms with Crippen molar-refractivity contribution in [2.45, 2.75) is 81.1 Å². The number of nitrogens with one attached hydrogen (secondary N) is 2. The van der Waals surface area contributed by atoms with E-state index in [1.165, 1.54) is 25.7 Å². The lowest BCUT2D eigenvalue weighted by atomic mass is 9.77. The average molecular weight is 447 g/mol. The summed E-state index contributed by atoms with van der Waals surface area (Å²) in [5, 5.41) is 6.01. The summed E-state index contributed by atoms with van der Waals surface area (Å²) < 4.78 is 0. The molecule has 10 atom stereocenters. The van der Waals surface area contributed by atoms with Gasteiger partial charge in [-0.15, -0.1) is 0 Å². The van der Waals surface area contributed by atoms with Gasteiger partial charge >= 0.3 is 0 Å². The number of carbonyl (C=O) groups is 2. The predicted octanol–water partition coefficient (Wildman–Crippen LogP) is 5.37. The van der Waals surface area contributed by atoms with E-state index in [0.717, 1.165) is 48.6 Å². The molecule has 0 aromatic carbocycles. The second-order valence-electron chi connectivity index (χ2n) is 12.1. The minimum atomic E-state index is 0.317. The molecule has 0 spiro atoms. The second-order valence-corrected chi connectivity index (χ2v) is 12.1. The molecule has 4 heteroatoms. The summed E-state index contributed by atoms with van der Waals surface area (Å²) in [6.07, 6.45) is 5.30. The maximum atomic E-state index is 12.0. The van der Waals surface area contributed by atoms with Gasteiger partial charge in [0.15, 0.2) is 0 Å². The molecule has 0 heterocycles. The Hall–Kier alpha value is -1.06. The molecular weight excluding hydrogens is 396 g/mol. The van der Waals surface area contributed by atoms with Crippen LogP contribution in [0.15, 0.2) is 0 Å². The van der Waals surface area contributed by atoms with Crippen molar-refractivity contribution in [1.29, 1.82) is 0 Å². The van der Waals surface area contributed by atoms with Crippen LogP contribution in [0.4, 0.5) is 0 Å². The topological polar surface area (TPSA) is 58.2 Å². The summed E-state index contributed by atoms with van der Waals surface area (Å²) in [4.78, 5) is 23.9. The van der Waals surface area contributed by atoms with Gasteiger partial charge in [0.05, 0.1) is 0 Å². The molecule has 0 radical (unpaired) electrons. The fourth-order valence-corrected chi connectivity index (χ4v) is 7.81.